The van der Waals surface area contributed by atoms with Gasteiger partial charge in [-0.1, -0.05) is 0 Å². The number of alkyl halides is 3. The van der Waals surface area contributed by atoms with Crippen LogP contribution in [0, 0.1) is 0 Å². The first-order chi connectivity index (χ1) is 9.53. The summed E-state index contributed by atoms with van der Waals surface area (Å²) in [7, 11) is -2.68. The second-order valence-electron chi connectivity index (χ2n) is 4.35. The number of carboxylic acid groups (broad SMARTS) is 1. The van der Waals surface area contributed by atoms with Crippen LogP contribution in [0.5, 0.6) is 0 Å². The fourth-order valence-corrected chi connectivity index (χ4v) is 2.79. The molecule has 0 unspecified atom stereocenters. The van der Waals surface area contributed by atoms with Crippen molar-refractivity contribution in [3.8, 4) is 0 Å². The van der Waals surface area contributed by atoms with Gasteiger partial charge in [-0.05, 0) is 30.7 Å². The first kappa shape index (κ1) is 17.3. The molecule has 21 heavy (non-hydrogen) atoms. The molecule has 1 aromatic carbocycles. The monoisotopic (exact) mass is 325 g/mol. The lowest BCUT2D eigenvalue weighted by Gasteiger charge is -2.19. The predicted molar refractivity (Wildman–Crippen MR) is 70.9 cm³/mol. The summed E-state index contributed by atoms with van der Waals surface area (Å²) in [5.74, 6) is -1.79. The lowest BCUT2D eigenvalue weighted by atomic mass is 10.2. The summed E-state index contributed by atoms with van der Waals surface area (Å²) < 4.78 is 60.6. The molecule has 0 bridgehead atoms. The van der Waals surface area contributed by atoms with Crippen molar-refractivity contribution >= 4 is 21.7 Å². The molecule has 0 amide bonds. The molecule has 0 saturated heterocycles. The lowest BCUT2D eigenvalue weighted by Crippen LogP contribution is -2.29. The van der Waals surface area contributed by atoms with Crippen LogP contribution in [0.25, 0.3) is 0 Å². The molecule has 0 aliphatic rings. The maximum Gasteiger partial charge on any atom is 0.389 e. The second kappa shape index (κ2) is 6.33. The van der Waals surface area contributed by atoms with Gasteiger partial charge >= 0.3 is 12.1 Å². The molecular weight excluding hydrogens is 311 g/mol. The van der Waals surface area contributed by atoms with Crippen LogP contribution in [-0.4, -0.2) is 38.5 Å². The van der Waals surface area contributed by atoms with Crippen LogP contribution in [0.15, 0.2) is 24.3 Å². The van der Waals surface area contributed by atoms with Gasteiger partial charge in [0.1, 0.15) is 0 Å². The van der Waals surface area contributed by atoms with E-state index in [1.807, 2.05) is 0 Å². The molecule has 0 fully saturated rings. The number of hydrogen-bond donors (Lipinski definition) is 1. The van der Waals surface area contributed by atoms with E-state index in [1.54, 1.807) is 0 Å². The molecule has 0 aliphatic carbocycles. The Morgan fingerprint density at radius 2 is 1.76 bits per heavy atom. The molecule has 5 nitrogen and oxygen atoms in total. The number of benzene rings is 1. The highest BCUT2D eigenvalue weighted by atomic mass is 32.2. The zero-order chi connectivity index (χ0) is 16.3. The summed E-state index contributed by atoms with van der Waals surface area (Å²) in [6.07, 6.45) is -6.08. The maximum atomic E-state index is 12.0. The van der Waals surface area contributed by atoms with E-state index in [0.717, 1.165) is 4.31 Å². The Labute approximate surface area is 120 Å². The summed E-state index contributed by atoms with van der Waals surface area (Å²) in [5.41, 5.74) is 0.175. The van der Waals surface area contributed by atoms with Gasteiger partial charge in [0.05, 0.1) is 17.0 Å². The number of anilines is 1. The zero-order valence-corrected chi connectivity index (χ0v) is 11.9. The molecule has 1 aromatic rings. The minimum Gasteiger partial charge on any atom is -0.478 e. The summed E-state index contributed by atoms with van der Waals surface area (Å²) in [5, 5.41) is 8.73. The summed E-state index contributed by atoms with van der Waals surface area (Å²) in [4.78, 5) is 10.7. The van der Waals surface area contributed by atoms with Crippen LogP contribution < -0.4 is 4.31 Å². The van der Waals surface area contributed by atoms with E-state index in [1.165, 1.54) is 31.3 Å². The number of sulfonamides is 1. The van der Waals surface area contributed by atoms with Gasteiger partial charge in [0.2, 0.25) is 10.0 Å². The van der Waals surface area contributed by atoms with Crippen LogP contribution in [0.1, 0.15) is 23.2 Å². The standard InChI is InChI=1S/C12H14F3NO4S/c1-16(10-5-3-9(4-6-10)11(17)18)21(19,20)8-2-7-12(13,14)15/h3-6H,2,7-8H2,1H3,(H,17,18). The number of carboxylic acids is 1. The number of halogens is 3. The molecule has 118 valence electrons. The van der Waals surface area contributed by atoms with Gasteiger partial charge in [0.25, 0.3) is 0 Å². The van der Waals surface area contributed by atoms with Crippen LogP contribution >= 0.6 is 0 Å². The van der Waals surface area contributed by atoms with Crippen molar-refractivity contribution in [2.45, 2.75) is 19.0 Å². The highest BCUT2D eigenvalue weighted by molar-refractivity contribution is 7.92. The molecule has 0 aliphatic heterocycles. The minimum atomic E-state index is -4.39. The van der Waals surface area contributed by atoms with Crippen LogP contribution in [0.2, 0.25) is 0 Å². The summed E-state index contributed by atoms with van der Waals surface area (Å²) >= 11 is 0. The van der Waals surface area contributed by atoms with Crippen molar-refractivity contribution in [2.24, 2.45) is 0 Å². The van der Waals surface area contributed by atoms with Gasteiger partial charge in [0.15, 0.2) is 0 Å². The number of aromatic carboxylic acids is 1. The summed E-state index contributed by atoms with van der Waals surface area (Å²) in [6.45, 7) is 0. The second-order valence-corrected chi connectivity index (χ2v) is 6.47. The van der Waals surface area contributed by atoms with E-state index in [4.69, 9.17) is 5.11 Å². The van der Waals surface area contributed by atoms with Crippen LogP contribution in [-0.2, 0) is 10.0 Å². The molecule has 0 aromatic heterocycles. The Balaban J connectivity index is 2.76. The third kappa shape index (κ3) is 5.25. The van der Waals surface area contributed by atoms with Gasteiger partial charge in [-0.15, -0.1) is 0 Å². The van der Waals surface area contributed by atoms with Crippen molar-refractivity contribution in [3.63, 3.8) is 0 Å². The predicted octanol–water partition coefficient (Wildman–Crippen LogP) is 2.49. The van der Waals surface area contributed by atoms with E-state index in [0.29, 0.717) is 0 Å². The molecule has 1 N–H and O–H groups in total. The largest absolute Gasteiger partial charge is 0.478 e. The molecule has 0 radical (unpaired) electrons. The third-order valence-corrected chi connectivity index (χ3v) is 4.61. The van der Waals surface area contributed by atoms with Crippen molar-refractivity contribution < 1.29 is 31.5 Å². The first-order valence-electron chi connectivity index (χ1n) is 5.90. The highest BCUT2D eigenvalue weighted by Crippen LogP contribution is 2.23. The Hall–Kier alpha value is -1.77. The molecular formula is C12H14F3NO4S. The Kier molecular flexibility index (Phi) is 5.21. The average Bonchev–Trinajstić information content (AvgIpc) is 2.36. The minimum absolute atomic E-state index is 0.0124. The first-order valence-corrected chi connectivity index (χ1v) is 7.50. The SMILES string of the molecule is CN(c1ccc(C(=O)O)cc1)S(=O)(=O)CCCC(F)(F)F. The van der Waals surface area contributed by atoms with Gasteiger partial charge in [-0.25, -0.2) is 13.2 Å². The number of carbonyl (C=O) groups is 1. The van der Waals surface area contributed by atoms with Crippen molar-refractivity contribution in [1.29, 1.82) is 0 Å². The van der Waals surface area contributed by atoms with E-state index in [2.05, 4.69) is 0 Å². The van der Waals surface area contributed by atoms with Gasteiger partial charge in [0, 0.05) is 13.5 Å². The number of nitrogens with zero attached hydrogens (tertiary/aromatic N) is 1. The topological polar surface area (TPSA) is 74.7 Å². The van der Waals surface area contributed by atoms with Crippen molar-refractivity contribution in [1.82, 2.24) is 0 Å². The Morgan fingerprint density at radius 1 is 1.24 bits per heavy atom. The fourth-order valence-electron chi connectivity index (χ4n) is 1.57. The van der Waals surface area contributed by atoms with E-state index >= 15 is 0 Å². The van der Waals surface area contributed by atoms with Gasteiger partial charge < -0.3 is 5.11 Å². The van der Waals surface area contributed by atoms with Crippen LogP contribution in [0.4, 0.5) is 18.9 Å². The molecule has 9 heteroatoms. The number of hydrogen-bond acceptors (Lipinski definition) is 3. The fraction of sp³-hybridized carbons (Fsp3) is 0.417. The van der Waals surface area contributed by atoms with Gasteiger partial charge in [-0.2, -0.15) is 13.2 Å². The molecule has 0 heterocycles. The lowest BCUT2D eigenvalue weighted by molar-refractivity contribution is -0.134. The molecule has 1 rings (SSSR count). The quantitative estimate of drug-likeness (QED) is 0.872. The smallest absolute Gasteiger partial charge is 0.389 e. The maximum absolute atomic E-state index is 12.0. The van der Waals surface area contributed by atoms with Crippen LogP contribution in [0.3, 0.4) is 0 Å². The third-order valence-electron chi connectivity index (χ3n) is 2.76. The van der Waals surface area contributed by atoms with E-state index in [9.17, 15) is 26.4 Å². The Morgan fingerprint density at radius 3 is 2.19 bits per heavy atom. The van der Waals surface area contributed by atoms with Crippen molar-refractivity contribution in [3.05, 3.63) is 29.8 Å². The van der Waals surface area contributed by atoms with Gasteiger partial charge in [-0.3, -0.25) is 4.31 Å². The average molecular weight is 325 g/mol. The molecule has 0 spiro atoms. The Bertz CT molecular complexity index is 596. The van der Waals surface area contributed by atoms with Crippen molar-refractivity contribution in [2.75, 3.05) is 17.1 Å². The van der Waals surface area contributed by atoms with E-state index in [-0.39, 0.29) is 11.3 Å². The van der Waals surface area contributed by atoms with E-state index < -0.39 is 40.8 Å². The zero-order valence-electron chi connectivity index (χ0n) is 11.1. The summed E-state index contributed by atoms with van der Waals surface area (Å²) in [6, 6.07) is 5.01. The molecule has 0 saturated carbocycles. The number of rotatable bonds is 6. The normalized spacial score (nSPS) is 12.2. The molecule has 0 atom stereocenters. The highest BCUT2D eigenvalue weighted by Gasteiger charge is 2.28.